The number of amides is 1. The van der Waals surface area contributed by atoms with Crippen molar-refractivity contribution < 1.29 is 9.53 Å². The first-order valence-corrected chi connectivity index (χ1v) is 10.1. The number of carbonyl (C=O) groups excluding carboxylic acids is 1. The highest BCUT2D eigenvalue weighted by molar-refractivity contribution is 8.26. The molecule has 0 spiro atoms. The van der Waals surface area contributed by atoms with Gasteiger partial charge in [-0.05, 0) is 81.4 Å². The number of aliphatic imine (C=N–C) groups is 1. The van der Waals surface area contributed by atoms with Crippen LogP contribution >= 0.6 is 11.8 Å². The third kappa shape index (κ3) is 3.40. The summed E-state index contributed by atoms with van der Waals surface area (Å²) < 4.78 is 7.63. The Morgan fingerprint density at radius 2 is 1.93 bits per heavy atom. The fraction of sp³-hybridized carbons (Fsp3) is 0.238. The zero-order valence-corrected chi connectivity index (χ0v) is 17.5. The third-order valence-corrected chi connectivity index (χ3v) is 5.56. The SMILES string of the molecule is CCOc1ccc(-n2c(C)cc(/C=C3\C(=N)N4N=C(C)SC4=NC3=O)c2C)cc1. The standard InChI is InChI=1S/C21H21N5O2S/c1-5-28-17-8-6-16(7-9-17)25-12(2)10-15(13(25)3)11-18-19(22)26-21(23-20(18)27)29-14(4)24-26/h6-11,22H,5H2,1-4H3/b18-11+,22-19?. The number of hydrogen-bond donors (Lipinski definition) is 1. The number of hydrazone groups is 1. The summed E-state index contributed by atoms with van der Waals surface area (Å²) in [6, 6.07) is 9.90. The van der Waals surface area contributed by atoms with Crippen molar-refractivity contribution in [2.24, 2.45) is 10.1 Å². The largest absolute Gasteiger partial charge is 0.494 e. The summed E-state index contributed by atoms with van der Waals surface area (Å²) in [7, 11) is 0. The van der Waals surface area contributed by atoms with Gasteiger partial charge < -0.3 is 9.30 Å². The van der Waals surface area contributed by atoms with E-state index in [0.29, 0.717) is 11.8 Å². The summed E-state index contributed by atoms with van der Waals surface area (Å²) in [4.78, 5) is 16.6. The van der Waals surface area contributed by atoms with Crippen LogP contribution in [0.2, 0.25) is 0 Å². The highest BCUT2D eigenvalue weighted by atomic mass is 32.2. The Morgan fingerprint density at radius 3 is 2.62 bits per heavy atom. The Bertz CT molecular complexity index is 1110. The van der Waals surface area contributed by atoms with E-state index in [1.54, 1.807) is 6.08 Å². The predicted molar refractivity (Wildman–Crippen MR) is 117 cm³/mol. The summed E-state index contributed by atoms with van der Waals surface area (Å²) >= 11 is 1.30. The van der Waals surface area contributed by atoms with E-state index in [9.17, 15) is 4.79 Å². The second-order valence-electron chi connectivity index (χ2n) is 6.73. The van der Waals surface area contributed by atoms with E-state index in [0.717, 1.165) is 33.4 Å². The first-order chi connectivity index (χ1) is 13.9. The molecule has 1 aromatic carbocycles. The average molecular weight is 407 g/mol. The second-order valence-corrected chi connectivity index (χ2v) is 7.89. The summed E-state index contributed by atoms with van der Waals surface area (Å²) in [5.74, 6) is 0.468. The van der Waals surface area contributed by atoms with Gasteiger partial charge in [-0.15, -0.1) is 0 Å². The number of thioether (sulfide) groups is 1. The molecule has 0 unspecified atom stereocenters. The van der Waals surface area contributed by atoms with E-state index in [4.69, 9.17) is 10.1 Å². The molecule has 1 amide bonds. The maximum absolute atomic E-state index is 12.5. The number of hydrogen-bond acceptors (Lipinski definition) is 5. The van der Waals surface area contributed by atoms with Crippen LogP contribution in [0.5, 0.6) is 5.75 Å². The Hall–Kier alpha value is -3.13. The molecular formula is C21H21N5O2S. The van der Waals surface area contributed by atoms with Crippen molar-refractivity contribution in [3.8, 4) is 11.4 Å². The van der Waals surface area contributed by atoms with Gasteiger partial charge in [0, 0.05) is 17.1 Å². The first kappa shape index (κ1) is 19.2. The quantitative estimate of drug-likeness (QED) is 0.773. The normalized spacial score (nSPS) is 17.5. The number of fused-ring (bicyclic) bond motifs is 1. The smallest absolute Gasteiger partial charge is 0.283 e. The van der Waals surface area contributed by atoms with Crippen molar-refractivity contribution in [1.29, 1.82) is 5.41 Å². The zero-order chi connectivity index (χ0) is 20.7. The Kier molecular flexibility index (Phi) is 4.87. The molecular weight excluding hydrogens is 386 g/mol. The molecule has 8 heteroatoms. The van der Waals surface area contributed by atoms with Gasteiger partial charge in [-0.1, -0.05) is 0 Å². The number of benzene rings is 1. The van der Waals surface area contributed by atoms with Crippen molar-refractivity contribution in [2.45, 2.75) is 27.7 Å². The van der Waals surface area contributed by atoms with Crippen LogP contribution in [0.15, 0.2) is 46.0 Å². The maximum Gasteiger partial charge on any atom is 0.283 e. The number of rotatable bonds is 4. The van der Waals surface area contributed by atoms with Crippen LogP contribution in [-0.2, 0) is 4.79 Å². The summed E-state index contributed by atoms with van der Waals surface area (Å²) in [6.45, 7) is 8.42. The van der Waals surface area contributed by atoms with Crippen molar-refractivity contribution in [1.82, 2.24) is 9.58 Å². The minimum atomic E-state index is -0.412. The molecule has 148 valence electrons. The van der Waals surface area contributed by atoms with Gasteiger partial charge in [-0.25, -0.2) is 0 Å². The van der Waals surface area contributed by atoms with Gasteiger partial charge in [0.2, 0.25) is 5.17 Å². The number of nitrogens with zero attached hydrogens (tertiary/aromatic N) is 4. The number of carbonyl (C=O) groups is 1. The van der Waals surface area contributed by atoms with Crippen LogP contribution in [-0.4, -0.2) is 38.1 Å². The topological polar surface area (TPSA) is 83.0 Å². The number of aromatic nitrogens is 1. The molecule has 0 bridgehead atoms. The lowest BCUT2D eigenvalue weighted by Gasteiger charge is -2.20. The van der Waals surface area contributed by atoms with Gasteiger partial charge in [0.15, 0.2) is 5.84 Å². The molecule has 3 heterocycles. The minimum Gasteiger partial charge on any atom is -0.494 e. The van der Waals surface area contributed by atoms with E-state index in [2.05, 4.69) is 14.7 Å². The van der Waals surface area contributed by atoms with Crippen molar-refractivity contribution in [2.75, 3.05) is 6.61 Å². The summed E-state index contributed by atoms with van der Waals surface area (Å²) in [5, 5.41) is 15.3. The lowest BCUT2D eigenvalue weighted by Crippen LogP contribution is -2.35. The zero-order valence-electron chi connectivity index (χ0n) is 16.7. The van der Waals surface area contributed by atoms with Gasteiger partial charge in [0.05, 0.1) is 17.2 Å². The van der Waals surface area contributed by atoms with Gasteiger partial charge >= 0.3 is 0 Å². The number of nitrogens with one attached hydrogen (secondary N) is 1. The molecule has 2 aliphatic rings. The van der Waals surface area contributed by atoms with E-state index < -0.39 is 5.91 Å². The molecule has 0 saturated heterocycles. The summed E-state index contributed by atoms with van der Waals surface area (Å²) in [6.07, 6.45) is 1.73. The fourth-order valence-corrected chi connectivity index (χ4v) is 4.17. The minimum absolute atomic E-state index is 0.0511. The monoisotopic (exact) mass is 407 g/mol. The van der Waals surface area contributed by atoms with E-state index >= 15 is 0 Å². The Balaban J connectivity index is 1.71. The van der Waals surface area contributed by atoms with Crippen molar-refractivity contribution >= 4 is 39.8 Å². The number of aryl methyl sites for hydroxylation is 1. The first-order valence-electron chi connectivity index (χ1n) is 9.28. The van der Waals surface area contributed by atoms with Crippen LogP contribution in [0.25, 0.3) is 11.8 Å². The molecule has 1 N–H and O–H groups in total. The molecule has 0 atom stereocenters. The predicted octanol–water partition coefficient (Wildman–Crippen LogP) is 4.13. The van der Waals surface area contributed by atoms with Gasteiger partial charge in [0.25, 0.3) is 5.91 Å². The summed E-state index contributed by atoms with van der Waals surface area (Å²) in [5.41, 5.74) is 4.12. The van der Waals surface area contributed by atoms with Crippen LogP contribution in [0.1, 0.15) is 30.8 Å². The highest BCUT2D eigenvalue weighted by Crippen LogP contribution is 2.29. The lowest BCUT2D eigenvalue weighted by atomic mass is 10.1. The van der Waals surface area contributed by atoms with Crippen LogP contribution in [0.3, 0.4) is 0 Å². The lowest BCUT2D eigenvalue weighted by molar-refractivity contribution is -0.114. The third-order valence-electron chi connectivity index (χ3n) is 4.73. The molecule has 29 heavy (non-hydrogen) atoms. The Morgan fingerprint density at radius 1 is 1.21 bits per heavy atom. The Labute approximate surface area is 173 Å². The van der Waals surface area contributed by atoms with E-state index in [-0.39, 0.29) is 11.4 Å². The van der Waals surface area contributed by atoms with Gasteiger partial charge in [0.1, 0.15) is 5.75 Å². The fourth-order valence-electron chi connectivity index (χ4n) is 3.43. The molecule has 2 aromatic rings. The second kappa shape index (κ2) is 7.36. The van der Waals surface area contributed by atoms with Crippen molar-refractivity contribution in [3.05, 3.63) is 52.9 Å². The molecule has 4 rings (SSSR count). The molecule has 0 fully saturated rings. The number of ether oxygens (including phenoxy) is 1. The van der Waals surface area contributed by atoms with Crippen molar-refractivity contribution in [3.63, 3.8) is 0 Å². The molecule has 2 aliphatic heterocycles. The molecule has 7 nitrogen and oxygen atoms in total. The molecule has 1 aromatic heterocycles. The van der Waals surface area contributed by atoms with E-state index in [1.165, 1.54) is 16.8 Å². The van der Waals surface area contributed by atoms with Gasteiger partial charge in [-0.3, -0.25) is 10.2 Å². The molecule has 0 aliphatic carbocycles. The van der Waals surface area contributed by atoms with Gasteiger partial charge in [-0.2, -0.15) is 15.1 Å². The maximum atomic E-state index is 12.5. The van der Waals surface area contributed by atoms with Crippen LogP contribution in [0, 0.1) is 19.3 Å². The average Bonchev–Trinajstić information content (AvgIpc) is 3.18. The van der Waals surface area contributed by atoms with Crippen LogP contribution < -0.4 is 4.74 Å². The van der Waals surface area contributed by atoms with Crippen LogP contribution in [0.4, 0.5) is 0 Å². The molecule has 0 radical (unpaired) electrons. The highest BCUT2D eigenvalue weighted by Gasteiger charge is 2.34. The number of amidine groups is 2. The molecule has 0 saturated carbocycles. The van der Waals surface area contributed by atoms with E-state index in [1.807, 2.05) is 58.0 Å².